The third kappa shape index (κ3) is 4.62. The Bertz CT molecular complexity index is 218. The van der Waals surface area contributed by atoms with Crippen molar-refractivity contribution in [3.05, 3.63) is 0 Å². The summed E-state index contributed by atoms with van der Waals surface area (Å²) in [5, 5.41) is 10.6. The maximum absolute atomic E-state index is 10.6. The van der Waals surface area contributed by atoms with E-state index in [9.17, 15) is 5.11 Å². The van der Waals surface area contributed by atoms with Gasteiger partial charge in [0.05, 0.1) is 6.10 Å². The minimum Gasteiger partial charge on any atom is -0.393 e. The molecule has 1 aliphatic carbocycles. The van der Waals surface area contributed by atoms with Crippen LogP contribution in [0.4, 0.5) is 0 Å². The van der Waals surface area contributed by atoms with Gasteiger partial charge in [-0.1, -0.05) is 47.5 Å². The van der Waals surface area contributed by atoms with Crippen LogP contribution in [-0.2, 0) is 0 Å². The van der Waals surface area contributed by atoms with Crippen LogP contribution in [0.5, 0.6) is 0 Å². The molecule has 0 aromatic rings. The first-order chi connectivity index (χ1) is 7.75. The average Bonchev–Trinajstić information content (AvgIpc) is 2.61. The van der Waals surface area contributed by atoms with Gasteiger partial charge in [0.1, 0.15) is 0 Å². The van der Waals surface area contributed by atoms with Crippen LogP contribution in [0, 0.1) is 16.7 Å². The zero-order valence-corrected chi connectivity index (χ0v) is 12.6. The van der Waals surface area contributed by atoms with E-state index in [2.05, 4.69) is 34.6 Å². The molecule has 1 rings (SSSR count). The van der Waals surface area contributed by atoms with E-state index in [4.69, 9.17) is 0 Å². The summed E-state index contributed by atoms with van der Waals surface area (Å²) in [5.41, 5.74) is 0.595. The fourth-order valence-electron chi connectivity index (χ4n) is 3.44. The Labute approximate surface area is 108 Å². The van der Waals surface area contributed by atoms with Crippen molar-refractivity contribution < 1.29 is 5.11 Å². The molecule has 0 spiro atoms. The van der Waals surface area contributed by atoms with Gasteiger partial charge in [0.15, 0.2) is 0 Å². The molecule has 1 heteroatoms. The molecule has 1 atom stereocenters. The van der Waals surface area contributed by atoms with Crippen molar-refractivity contribution in [2.45, 2.75) is 85.7 Å². The van der Waals surface area contributed by atoms with Gasteiger partial charge in [0, 0.05) is 0 Å². The van der Waals surface area contributed by atoms with Crippen LogP contribution in [0.3, 0.4) is 0 Å². The fourth-order valence-corrected chi connectivity index (χ4v) is 3.44. The zero-order valence-electron chi connectivity index (χ0n) is 12.6. The Kier molecular flexibility index (Phi) is 5.07. The highest BCUT2D eigenvalue weighted by atomic mass is 16.3. The van der Waals surface area contributed by atoms with Crippen molar-refractivity contribution in [1.82, 2.24) is 0 Å². The first-order valence-electron chi connectivity index (χ1n) is 7.43. The molecule has 0 heterocycles. The smallest absolute Gasteiger partial charge is 0.0596 e. The number of rotatable bonds is 5. The summed E-state index contributed by atoms with van der Waals surface area (Å²) < 4.78 is 0. The zero-order chi connectivity index (χ0) is 13.1. The van der Waals surface area contributed by atoms with Crippen molar-refractivity contribution in [2.24, 2.45) is 16.7 Å². The van der Waals surface area contributed by atoms with Gasteiger partial charge in [-0.3, -0.25) is 0 Å². The molecule has 0 bridgehead atoms. The molecule has 1 unspecified atom stereocenters. The van der Waals surface area contributed by atoms with Crippen LogP contribution in [0.1, 0.15) is 79.6 Å². The molecule has 0 aromatic heterocycles. The van der Waals surface area contributed by atoms with Crippen LogP contribution in [-0.4, -0.2) is 11.2 Å². The van der Waals surface area contributed by atoms with Crippen molar-refractivity contribution in [3.63, 3.8) is 0 Å². The predicted molar refractivity (Wildman–Crippen MR) is 75.1 cm³/mol. The monoisotopic (exact) mass is 240 g/mol. The molecule has 0 aliphatic heterocycles. The van der Waals surface area contributed by atoms with Crippen LogP contribution in [0.25, 0.3) is 0 Å². The summed E-state index contributed by atoms with van der Waals surface area (Å²) in [7, 11) is 0. The van der Waals surface area contributed by atoms with Gasteiger partial charge in [0.2, 0.25) is 0 Å². The molecule has 1 aliphatic rings. The predicted octanol–water partition coefficient (Wildman–Crippen LogP) is 4.78. The molecular weight excluding hydrogens is 208 g/mol. The molecule has 0 saturated heterocycles. The minimum atomic E-state index is -0.0772. The Hall–Kier alpha value is -0.0400. The summed E-state index contributed by atoms with van der Waals surface area (Å²) in [6, 6.07) is 0. The first-order valence-corrected chi connectivity index (χ1v) is 7.43. The lowest BCUT2D eigenvalue weighted by atomic mass is 9.71. The number of hydrogen-bond acceptors (Lipinski definition) is 1. The Morgan fingerprint density at radius 3 is 2.06 bits per heavy atom. The van der Waals surface area contributed by atoms with E-state index in [0.29, 0.717) is 11.3 Å². The van der Waals surface area contributed by atoms with Crippen molar-refractivity contribution in [3.8, 4) is 0 Å². The highest BCUT2D eigenvalue weighted by Crippen LogP contribution is 2.47. The third-order valence-corrected chi connectivity index (χ3v) is 4.29. The van der Waals surface area contributed by atoms with Gasteiger partial charge >= 0.3 is 0 Å². The lowest BCUT2D eigenvalue weighted by molar-refractivity contribution is 0.000289. The fraction of sp³-hybridized carbons (Fsp3) is 1.00. The summed E-state index contributed by atoms with van der Waals surface area (Å²) >= 11 is 0. The van der Waals surface area contributed by atoms with Crippen molar-refractivity contribution >= 4 is 0 Å². The molecule has 1 N–H and O–H groups in total. The third-order valence-electron chi connectivity index (χ3n) is 4.29. The van der Waals surface area contributed by atoms with E-state index in [1.165, 1.54) is 32.1 Å². The summed E-state index contributed by atoms with van der Waals surface area (Å²) in [6.45, 7) is 11.4. The average molecular weight is 240 g/mol. The lowest BCUT2D eigenvalue weighted by Crippen LogP contribution is -2.34. The normalized spacial score (nSPS) is 22.1. The van der Waals surface area contributed by atoms with E-state index in [1.807, 2.05) is 0 Å². The van der Waals surface area contributed by atoms with Crippen LogP contribution in [0.15, 0.2) is 0 Å². The van der Waals surface area contributed by atoms with E-state index < -0.39 is 0 Å². The standard InChI is InChI=1S/C16H32O/c1-13(2)12-16(9-6-7-10-16)14(17)8-11-15(3,4)5/h13-14,17H,6-12H2,1-5H3. The summed E-state index contributed by atoms with van der Waals surface area (Å²) in [4.78, 5) is 0. The molecule has 102 valence electrons. The molecule has 0 radical (unpaired) electrons. The van der Waals surface area contributed by atoms with Crippen LogP contribution < -0.4 is 0 Å². The van der Waals surface area contributed by atoms with E-state index in [-0.39, 0.29) is 11.5 Å². The second-order valence-corrected chi connectivity index (χ2v) is 7.78. The van der Waals surface area contributed by atoms with E-state index in [0.717, 1.165) is 12.8 Å². The molecule has 0 amide bonds. The number of hydrogen-bond donors (Lipinski definition) is 1. The van der Waals surface area contributed by atoms with Crippen molar-refractivity contribution in [2.75, 3.05) is 0 Å². The van der Waals surface area contributed by atoms with Gasteiger partial charge in [-0.25, -0.2) is 0 Å². The van der Waals surface area contributed by atoms with Crippen LogP contribution in [0.2, 0.25) is 0 Å². The highest BCUT2D eigenvalue weighted by molar-refractivity contribution is 4.91. The van der Waals surface area contributed by atoms with E-state index in [1.54, 1.807) is 0 Å². The van der Waals surface area contributed by atoms with Gasteiger partial charge in [-0.15, -0.1) is 0 Å². The minimum absolute atomic E-state index is 0.0772. The topological polar surface area (TPSA) is 20.2 Å². The maximum atomic E-state index is 10.6. The summed E-state index contributed by atoms with van der Waals surface area (Å²) in [6.07, 6.45) is 8.38. The van der Waals surface area contributed by atoms with Gasteiger partial charge in [0.25, 0.3) is 0 Å². The molecule has 1 fully saturated rings. The van der Waals surface area contributed by atoms with Crippen molar-refractivity contribution in [1.29, 1.82) is 0 Å². The first kappa shape index (κ1) is 15.0. The molecule has 0 aromatic carbocycles. The second kappa shape index (κ2) is 5.73. The lowest BCUT2D eigenvalue weighted by Gasteiger charge is -2.37. The Morgan fingerprint density at radius 2 is 1.65 bits per heavy atom. The molecule has 1 nitrogen and oxygen atoms in total. The van der Waals surface area contributed by atoms with Gasteiger partial charge in [-0.05, 0) is 48.9 Å². The molecule has 1 saturated carbocycles. The largest absolute Gasteiger partial charge is 0.393 e. The Balaban J connectivity index is 2.58. The van der Waals surface area contributed by atoms with Gasteiger partial charge < -0.3 is 5.11 Å². The SMILES string of the molecule is CC(C)CC1(C(O)CCC(C)(C)C)CCCC1. The van der Waals surface area contributed by atoms with Crippen LogP contribution >= 0.6 is 0 Å². The maximum Gasteiger partial charge on any atom is 0.0596 e. The highest BCUT2D eigenvalue weighted by Gasteiger charge is 2.40. The summed E-state index contributed by atoms with van der Waals surface area (Å²) in [5.74, 6) is 0.706. The quantitative estimate of drug-likeness (QED) is 0.733. The number of aliphatic hydroxyl groups is 1. The number of aliphatic hydroxyl groups excluding tert-OH is 1. The molecular formula is C16H32O. The molecule has 17 heavy (non-hydrogen) atoms. The Morgan fingerprint density at radius 1 is 1.12 bits per heavy atom. The van der Waals surface area contributed by atoms with Gasteiger partial charge in [-0.2, -0.15) is 0 Å². The second-order valence-electron chi connectivity index (χ2n) is 7.78. The van der Waals surface area contributed by atoms with E-state index >= 15 is 0 Å².